The Morgan fingerprint density at radius 1 is 1.25 bits per heavy atom. The van der Waals surface area contributed by atoms with Gasteiger partial charge in [0.1, 0.15) is 17.3 Å². The minimum Gasteiger partial charge on any atom is -0.456 e. The first-order valence-electron chi connectivity index (χ1n) is 9.99. The third kappa shape index (κ3) is 5.88. The molecule has 7 heteroatoms. The first-order valence-corrected chi connectivity index (χ1v) is 10.8. The minimum atomic E-state index is -0.348. The molecule has 2 aromatic rings. The zero-order valence-corrected chi connectivity index (χ0v) is 19.6. The van der Waals surface area contributed by atoms with Gasteiger partial charge >= 0.3 is 0 Å². The maximum atomic E-state index is 13.7. The largest absolute Gasteiger partial charge is 0.456 e. The summed E-state index contributed by atoms with van der Waals surface area (Å²) in [7, 11) is 0. The molecule has 0 unspecified atom stereocenters. The van der Waals surface area contributed by atoms with Gasteiger partial charge < -0.3 is 21.2 Å². The van der Waals surface area contributed by atoms with E-state index in [-0.39, 0.29) is 11.6 Å². The lowest BCUT2D eigenvalue weighted by Crippen LogP contribution is -2.12. The average molecular weight is 454 g/mol. The number of allylic oxidation sites excluding steroid dienone is 1. The zero-order valence-electron chi connectivity index (χ0n) is 18.8. The van der Waals surface area contributed by atoms with Crippen LogP contribution in [0.4, 0.5) is 4.39 Å². The number of carbonyl (C=O) groups is 1. The number of benzene rings is 2. The van der Waals surface area contributed by atoms with Crippen molar-refractivity contribution in [3.8, 4) is 11.5 Å². The predicted molar refractivity (Wildman–Crippen MR) is 132 cm³/mol. The van der Waals surface area contributed by atoms with Gasteiger partial charge in [-0.1, -0.05) is 24.9 Å². The normalized spacial score (nSPS) is 11.4. The summed E-state index contributed by atoms with van der Waals surface area (Å²) in [6, 6.07) is 7.72. The van der Waals surface area contributed by atoms with Crippen LogP contribution in [0.1, 0.15) is 40.9 Å². The number of thioether (sulfide) groups is 1. The van der Waals surface area contributed by atoms with Gasteiger partial charge in [0.25, 0.3) is 0 Å². The lowest BCUT2D eigenvalue weighted by Gasteiger charge is -2.18. The number of hydrogen-bond acceptors (Lipinski definition) is 6. The van der Waals surface area contributed by atoms with E-state index in [1.54, 1.807) is 32.0 Å². The predicted octanol–water partition coefficient (Wildman–Crippen LogP) is 6.08. The topological polar surface area (TPSA) is 88.2 Å². The first-order chi connectivity index (χ1) is 15.1. The van der Waals surface area contributed by atoms with Crippen LogP contribution in [0.5, 0.6) is 11.5 Å². The Kier molecular flexibility index (Phi) is 8.43. The molecule has 0 atom stereocenters. The fourth-order valence-electron chi connectivity index (χ4n) is 3.06. The van der Waals surface area contributed by atoms with Gasteiger partial charge in [-0.25, -0.2) is 4.39 Å². The van der Waals surface area contributed by atoms with Crippen LogP contribution < -0.4 is 15.8 Å². The molecule has 0 saturated heterocycles. The molecule has 0 aromatic heterocycles. The molecule has 0 radical (unpaired) electrons. The van der Waals surface area contributed by atoms with Crippen molar-refractivity contribution in [2.45, 2.75) is 27.7 Å². The third-order valence-corrected chi connectivity index (χ3v) is 5.62. The summed E-state index contributed by atoms with van der Waals surface area (Å²) >= 11 is 1.17. The Bertz CT molecular complexity index is 1100. The second-order valence-corrected chi connectivity index (χ2v) is 8.33. The molecule has 5 nitrogen and oxygen atoms in total. The lowest BCUT2D eigenvalue weighted by molar-refractivity contribution is 0.101. The molecule has 0 aliphatic carbocycles. The van der Waals surface area contributed by atoms with E-state index in [1.807, 2.05) is 6.92 Å². The van der Waals surface area contributed by atoms with Crippen molar-refractivity contribution in [1.29, 1.82) is 5.41 Å². The summed E-state index contributed by atoms with van der Waals surface area (Å²) in [4.78, 5) is 12.6. The van der Waals surface area contributed by atoms with E-state index >= 15 is 0 Å². The highest BCUT2D eigenvalue weighted by molar-refractivity contribution is 8.07. The Morgan fingerprint density at radius 3 is 2.41 bits per heavy atom. The van der Waals surface area contributed by atoms with Gasteiger partial charge in [0.2, 0.25) is 0 Å². The van der Waals surface area contributed by atoms with E-state index in [2.05, 4.69) is 18.5 Å². The fraction of sp³-hybridized carbons (Fsp3) is 0.200. The van der Waals surface area contributed by atoms with Gasteiger partial charge in [0.15, 0.2) is 5.78 Å². The van der Waals surface area contributed by atoms with Crippen molar-refractivity contribution >= 4 is 29.3 Å². The quantitative estimate of drug-likeness (QED) is 0.230. The van der Waals surface area contributed by atoms with E-state index in [0.29, 0.717) is 61.5 Å². The Morgan fingerprint density at radius 2 is 1.88 bits per heavy atom. The molecule has 4 N–H and O–H groups in total. The lowest BCUT2D eigenvalue weighted by atomic mass is 10.0. The molecule has 0 spiro atoms. The highest BCUT2D eigenvalue weighted by Gasteiger charge is 2.18. The van der Waals surface area contributed by atoms with Gasteiger partial charge in [-0.3, -0.25) is 4.79 Å². The van der Waals surface area contributed by atoms with Crippen molar-refractivity contribution < 1.29 is 13.9 Å². The number of nitrogens with two attached hydrogens (primary N) is 1. The minimum absolute atomic E-state index is 0.132. The number of aryl methyl sites for hydroxylation is 2. The molecule has 0 saturated carbocycles. The van der Waals surface area contributed by atoms with E-state index in [0.717, 1.165) is 6.21 Å². The number of nitrogens with one attached hydrogen (secondary N) is 2. The van der Waals surface area contributed by atoms with Crippen molar-refractivity contribution in [2.75, 3.05) is 6.54 Å². The second kappa shape index (κ2) is 10.8. The summed E-state index contributed by atoms with van der Waals surface area (Å²) in [6.07, 6.45) is 1.11. The Labute approximate surface area is 192 Å². The molecule has 2 rings (SSSR count). The summed E-state index contributed by atoms with van der Waals surface area (Å²) in [5.41, 5.74) is 9.52. The van der Waals surface area contributed by atoms with Crippen LogP contribution in [0.15, 0.2) is 59.1 Å². The Balaban J connectivity index is 2.60. The molecule has 0 fully saturated rings. The number of carbonyl (C=O) groups excluding carboxylic acids is 1. The van der Waals surface area contributed by atoms with E-state index in [1.165, 1.54) is 30.8 Å². The van der Waals surface area contributed by atoms with Crippen molar-refractivity contribution in [3.05, 3.63) is 87.2 Å². The average Bonchev–Trinajstić information content (AvgIpc) is 2.71. The van der Waals surface area contributed by atoms with Crippen molar-refractivity contribution in [2.24, 2.45) is 5.73 Å². The smallest absolute Gasteiger partial charge is 0.159 e. The van der Waals surface area contributed by atoms with Gasteiger partial charge in [-0.2, -0.15) is 0 Å². The number of hydrogen-bond donors (Lipinski definition) is 3. The summed E-state index contributed by atoms with van der Waals surface area (Å²) < 4.78 is 19.9. The molecule has 0 amide bonds. The van der Waals surface area contributed by atoms with Crippen LogP contribution in [0.3, 0.4) is 0 Å². The molecule has 32 heavy (non-hydrogen) atoms. The van der Waals surface area contributed by atoms with Crippen LogP contribution in [-0.4, -0.2) is 18.5 Å². The number of halogens is 1. The van der Waals surface area contributed by atoms with Gasteiger partial charge in [-0.15, -0.1) is 0 Å². The van der Waals surface area contributed by atoms with Crippen LogP contribution >= 0.6 is 11.8 Å². The SMILES string of the molecule is C=C(NCC)C(=C)S/C(N)=C(/C=N)c1cc(C(C)=O)ccc1Oc1c(C)cc(F)cc1C. The molecule has 2 aromatic carbocycles. The van der Waals surface area contributed by atoms with Gasteiger partial charge in [0, 0.05) is 40.1 Å². The molecule has 0 heterocycles. The molecule has 0 aliphatic rings. The van der Waals surface area contributed by atoms with E-state index in [4.69, 9.17) is 15.9 Å². The van der Waals surface area contributed by atoms with Crippen LogP contribution in [-0.2, 0) is 0 Å². The molecule has 168 valence electrons. The number of ketones is 1. The van der Waals surface area contributed by atoms with Crippen LogP contribution in [0.2, 0.25) is 0 Å². The first kappa shape index (κ1) is 24.9. The third-order valence-electron chi connectivity index (χ3n) is 4.68. The number of Topliss-reactive ketones (excluding diaryl/α,β-unsaturated/α-hetero) is 1. The fourth-order valence-corrected chi connectivity index (χ4v) is 3.80. The molecular formula is C25H28FN3O2S. The monoisotopic (exact) mass is 453 g/mol. The van der Waals surface area contributed by atoms with E-state index < -0.39 is 0 Å². The van der Waals surface area contributed by atoms with Crippen molar-refractivity contribution in [3.63, 3.8) is 0 Å². The Hall–Kier alpha value is -3.32. The number of rotatable bonds is 10. The highest BCUT2D eigenvalue weighted by atomic mass is 32.2. The molecule has 0 aliphatic heterocycles. The molecular weight excluding hydrogens is 425 g/mol. The summed E-state index contributed by atoms with van der Waals surface area (Å²) in [6.45, 7) is 15.5. The van der Waals surface area contributed by atoms with Crippen molar-refractivity contribution in [1.82, 2.24) is 5.32 Å². The molecule has 0 bridgehead atoms. The maximum absolute atomic E-state index is 13.7. The zero-order chi connectivity index (χ0) is 24.0. The number of ether oxygens (including phenoxy) is 1. The standard InChI is InChI=1S/C25H28FN3O2S/c1-7-29-16(4)18(6)32-25(28)22(13-27)21-12-19(17(5)30)8-9-23(21)31-24-14(2)10-20(26)11-15(24)3/h8-13,27,29H,4,6-7,28H2,1-3,5H3/b25-22-,27-13?. The van der Waals surface area contributed by atoms with E-state index in [9.17, 15) is 9.18 Å². The van der Waals surface area contributed by atoms with Crippen LogP contribution in [0, 0.1) is 25.1 Å². The van der Waals surface area contributed by atoms with Gasteiger partial charge in [-0.05, 0) is 69.2 Å². The second-order valence-electron chi connectivity index (χ2n) is 7.19. The maximum Gasteiger partial charge on any atom is 0.159 e. The van der Waals surface area contributed by atoms with Crippen LogP contribution in [0.25, 0.3) is 5.57 Å². The summed E-state index contributed by atoms with van der Waals surface area (Å²) in [5, 5.41) is 11.4. The number of likely N-dealkylation sites (N-methyl/N-ethyl adjacent to an activating group) is 1. The summed E-state index contributed by atoms with van der Waals surface area (Å²) in [5.74, 6) is 0.418. The highest BCUT2D eigenvalue weighted by Crippen LogP contribution is 2.37. The van der Waals surface area contributed by atoms with Gasteiger partial charge in [0.05, 0.1) is 5.03 Å².